The van der Waals surface area contributed by atoms with E-state index in [0.717, 1.165) is 32.0 Å². The van der Waals surface area contributed by atoms with Crippen LogP contribution in [0.1, 0.15) is 36.5 Å². The molecule has 0 saturated carbocycles. The molecule has 5 nitrogen and oxygen atoms in total. The lowest BCUT2D eigenvalue weighted by molar-refractivity contribution is -0.120. The number of hydrogen-bond donors (Lipinski definition) is 2. The Labute approximate surface area is 148 Å². The van der Waals surface area contributed by atoms with Crippen molar-refractivity contribution in [3.63, 3.8) is 0 Å². The molecule has 0 spiro atoms. The largest absolute Gasteiger partial charge is 0.355 e. The lowest BCUT2D eigenvalue weighted by atomic mass is 9.99. The molecule has 1 aliphatic heterocycles. The molecule has 132 valence electrons. The highest BCUT2D eigenvalue weighted by atomic mass is 35.5. The van der Waals surface area contributed by atoms with Crippen LogP contribution in [0.2, 0.25) is 5.02 Å². The van der Waals surface area contributed by atoms with Gasteiger partial charge in [-0.25, -0.2) is 0 Å². The molecule has 0 bridgehead atoms. The van der Waals surface area contributed by atoms with E-state index in [1.54, 1.807) is 24.3 Å². The first kappa shape index (κ1) is 18.7. The van der Waals surface area contributed by atoms with Crippen LogP contribution < -0.4 is 10.6 Å². The summed E-state index contributed by atoms with van der Waals surface area (Å²) in [5.74, 6) is 0.372. The van der Waals surface area contributed by atoms with Crippen LogP contribution in [0.4, 0.5) is 0 Å². The smallest absolute Gasteiger partial charge is 0.251 e. The molecule has 0 unspecified atom stereocenters. The van der Waals surface area contributed by atoms with E-state index in [0.29, 0.717) is 17.1 Å². The van der Waals surface area contributed by atoms with Crippen molar-refractivity contribution in [1.29, 1.82) is 0 Å². The molecule has 0 atom stereocenters. The maximum Gasteiger partial charge on any atom is 0.251 e. The molecule has 2 N–H and O–H groups in total. The highest BCUT2D eigenvalue weighted by Gasteiger charge is 2.15. The number of amides is 2. The molecule has 6 heteroatoms. The Morgan fingerprint density at radius 2 is 2.00 bits per heavy atom. The van der Waals surface area contributed by atoms with Gasteiger partial charge in [-0.05, 0) is 63.0 Å². The second-order valence-corrected chi connectivity index (χ2v) is 6.86. The second kappa shape index (κ2) is 9.64. The van der Waals surface area contributed by atoms with E-state index in [-0.39, 0.29) is 18.4 Å². The van der Waals surface area contributed by atoms with Crippen LogP contribution in [0.3, 0.4) is 0 Å². The third-order valence-electron chi connectivity index (χ3n) is 4.35. The number of nitrogens with zero attached hydrogens (tertiary/aromatic N) is 1. The van der Waals surface area contributed by atoms with Crippen molar-refractivity contribution >= 4 is 23.4 Å². The van der Waals surface area contributed by atoms with E-state index in [1.807, 2.05) is 0 Å². The topological polar surface area (TPSA) is 61.4 Å². The number of halogens is 1. The second-order valence-electron chi connectivity index (χ2n) is 6.42. The number of piperidine rings is 1. The van der Waals surface area contributed by atoms with E-state index < -0.39 is 0 Å². The molecule has 2 rings (SSSR count). The standard InChI is InChI=1S/C18H26ClN3O2/c1-14-6-10-22(11-7-14)9-3-8-20-17(23)13-21-18(24)15-4-2-5-16(19)12-15/h2,4-5,12,14H,3,6-11,13H2,1H3,(H,20,23)(H,21,24). The fourth-order valence-corrected chi connectivity index (χ4v) is 2.96. The molecule has 1 aromatic carbocycles. The number of carbonyl (C=O) groups excluding carboxylic acids is 2. The number of rotatable bonds is 7. The summed E-state index contributed by atoms with van der Waals surface area (Å²) in [5, 5.41) is 5.94. The fraction of sp³-hybridized carbons (Fsp3) is 0.556. The quantitative estimate of drug-likeness (QED) is 0.741. The maximum absolute atomic E-state index is 11.9. The van der Waals surface area contributed by atoms with E-state index >= 15 is 0 Å². The van der Waals surface area contributed by atoms with Crippen molar-refractivity contribution in [2.75, 3.05) is 32.7 Å². The average Bonchev–Trinajstić information content (AvgIpc) is 2.58. The number of hydrogen-bond acceptors (Lipinski definition) is 3. The average molecular weight is 352 g/mol. The van der Waals surface area contributed by atoms with Crippen molar-refractivity contribution in [3.8, 4) is 0 Å². The van der Waals surface area contributed by atoms with E-state index in [9.17, 15) is 9.59 Å². The SMILES string of the molecule is CC1CCN(CCCNC(=O)CNC(=O)c2cccc(Cl)c2)CC1. The van der Waals surface area contributed by atoms with E-state index in [2.05, 4.69) is 22.5 Å². The summed E-state index contributed by atoms with van der Waals surface area (Å²) < 4.78 is 0. The molecule has 0 aromatic heterocycles. The normalized spacial score (nSPS) is 15.9. The van der Waals surface area contributed by atoms with Crippen molar-refractivity contribution in [3.05, 3.63) is 34.9 Å². The summed E-state index contributed by atoms with van der Waals surface area (Å²) in [5.41, 5.74) is 0.453. The van der Waals surface area contributed by atoms with Gasteiger partial charge in [0.15, 0.2) is 0 Å². The van der Waals surface area contributed by atoms with Gasteiger partial charge in [-0.2, -0.15) is 0 Å². The predicted molar refractivity (Wildman–Crippen MR) is 96.2 cm³/mol. The molecule has 1 aromatic rings. The summed E-state index contributed by atoms with van der Waals surface area (Å²) in [6.45, 7) is 6.25. The van der Waals surface area contributed by atoms with Gasteiger partial charge in [0.1, 0.15) is 0 Å². The van der Waals surface area contributed by atoms with Crippen LogP contribution in [0.25, 0.3) is 0 Å². The van der Waals surface area contributed by atoms with Crippen molar-refractivity contribution < 1.29 is 9.59 Å². The van der Waals surface area contributed by atoms with Crippen LogP contribution >= 0.6 is 11.6 Å². The summed E-state index contributed by atoms with van der Waals surface area (Å²) in [7, 11) is 0. The van der Waals surface area contributed by atoms with E-state index in [1.165, 1.54) is 12.8 Å². The third-order valence-corrected chi connectivity index (χ3v) is 4.58. The van der Waals surface area contributed by atoms with Crippen LogP contribution in [0, 0.1) is 5.92 Å². The Kier molecular flexibility index (Phi) is 7.53. The first-order chi connectivity index (χ1) is 11.5. The molecule has 24 heavy (non-hydrogen) atoms. The molecular weight excluding hydrogens is 326 g/mol. The summed E-state index contributed by atoms with van der Waals surface area (Å²) in [6, 6.07) is 6.65. The third kappa shape index (κ3) is 6.49. The van der Waals surface area contributed by atoms with Gasteiger partial charge in [0.25, 0.3) is 5.91 Å². The number of likely N-dealkylation sites (tertiary alicyclic amines) is 1. The Morgan fingerprint density at radius 1 is 1.25 bits per heavy atom. The van der Waals surface area contributed by atoms with Crippen molar-refractivity contribution in [2.45, 2.75) is 26.2 Å². The van der Waals surface area contributed by atoms with Gasteiger partial charge < -0.3 is 15.5 Å². The molecule has 1 heterocycles. The summed E-state index contributed by atoms with van der Waals surface area (Å²) >= 11 is 5.84. The Bertz CT molecular complexity index is 557. The molecule has 1 aliphatic rings. The lowest BCUT2D eigenvalue weighted by Crippen LogP contribution is -2.39. The highest BCUT2D eigenvalue weighted by Crippen LogP contribution is 2.15. The number of carbonyl (C=O) groups is 2. The van der Waals surface area contributed by atoms with Gasteiger partial charge >= 0.3 is 0 Å². The first-order valence-corrected chi connectivity index (χ1v) is 8.95. The Morgan fingerprint density at radius 3 is 2.71 bits per heavy atom. The maximum atomic E-state index is 11.9. The first-order valence-electron chi connectivity index (χ1n) is 8.57. The van der Waals surface area contributed by atoms with Gasteiger partial charge in [-0.1, -0.05) is 24.6 Å². The molecule has 1 fully saturated rings. The lowest BCUT2D eigenvalue weighted by Gasteiger charge is -2.30. The fourth-order valence-electron chi connectivity index (χ4n) is 2.77. The zero-order chi connectivity index (χ0) is 17.4. The molecule has 0 aliphatic carbocycles. The van der Waals surface area contributed by atoms with Gasteiger partial charge in [0.2, 0.25) is 5.91 Å². The van der Waals surface area contributed by atoms with Gasteiger partial charge in [-0.15, -0.1) is 0 Å². The summed E-state index contributed by atoms with van der Waals surface area (Å²) in [6.07, 6.45) is 3.46. The number of nitrogens with one attached hydrogen (secondary N) is 2. The van der Waals surface area contributed by atoms with Crippen molar-refractivity contribution in [1.82, 2.24) is 15.5 Å². The summed E-state index contributed by atoms with van der Waals surface area (Å²) in [4.78, 5) is 26.1. The molecule has 0 radical (unpaired) electrons. The Balaban J connectivity index is 1.57. The molecule has 2 amide bonds. The zero-order valence-corrected chi connectivity index (χ0v) is 14.9. The monoisotopic (exact) mass is 351 g/mol. The van der Waals surface area contributed by atoms with Crippen LogP contribution in [-0.2, 0) is 4.79 Å². The van der Waals surface area contributed by atoms with Crippen LogP contribution in [-0.4, -0.2) is 49.4 Å². The molecule has 1 saturated heterocycles. The van der Waals surface area contributed by atoms with E-state index in [4.69, 9.17) is 11.6 Å². The van der Waals surface area contributed by atoms with Gasteiger partial charge in [-0.3, -0.25) is 9.59 Å². The van der Waals surface area contributed by atoms with Crippen LogP contribution in [0.5, 0.6) is 0 Å². The van der Waals surface area contributed by atoms with Crippen molar-refractivity contribution in [2.24, 2.45) is 5.92 Å². The molecular formula is C18H26ClN3O2. The minimum absolute atomic E-state index is 0.0213. The number of benzene rings is 1. The Hall–Kier alpha value is -1.59. The predicted octanol–water partition coefficient (Wildman–Crippen LogP) is 2.31. The van der Waals surface area contributed by atoms with Gasteiger partial charge in [0, 0.05) is 17.1 Å². The minimum Gasteiger partial charge on any atom is -0.355 e. The van der Waals surface area contributed by atoms with Crippen LogP contribution in [0.15, 0.2) is 24.3 Å². The van der Waals surface area contributed by atoms with Gasteiger partial charge in [0.05, 0.1) is 6.54 Å². The zero-order valence-electron chi connectivity index (χ0n) is 14.2. The minimum atomic E-state index is -0.296. The highest BCUT2D eigenvalue weighted by molar-refractivity contribution is 6.30.